The Kier molecular flexibility index (Phi) is 5.42. The number of hydrogen-bond acceptors (Lipinski definition) is 2. The van der Waals surface area contributed by atoms with E-state index in [0.717, 1.165) is 35.2 Å². The molecular weight excluding hydrogens is 426 g/mol. The van der Waals surface area contributed by atoms with Crippen LogP contribution in [0.1, 0.15) is 34.3 Å². The Morgan fingerprint density at radius 2 is 1.23 bits per heavy atom. The summed E-state index contributed by atoms with van der Waals surface area (Å²) < 4.78 is 0. The van der Waals surface area contributed by atoms with Crippen LogP contribution in [0.3, 0.4) is 0 Å². The van der Waals surface area contributed by atoms with Crippen molar-refractivity contribution >= 4 is 17.0 Å². The highest BCUT2D eigenvalue weighted by Crippen LogP contribution is 2.55. The van der Waals surface area contributed by atoms with Gasteiger partial charge in [0.15, 0.2) is 5.78 Å². The summed E-state index contributed by atoms with van der Waals surface area (Å²) >= 11 is 0. The number of rotatable bonds is 6. The van der Waals surface area contributed by atoms with Gasteiger partial charge in [0.05, 0.1) is 5.54 Å². The van der Waals surface area contributed by atoms with Gasteiger partial charge in [-0.15, -0.1) is 0 Å². The van der Waals surface area contributed by atoms with Crippen LogP contribution in [0.15, 0.2) is 139 Å². The Morgan fingerprint density at radius 1 is 0.686 bits per heavy atom. The number of carbonyl (C=O) groups is 1. The molecule has 0 amide bonds. The maximum atomic E-state index is 14.0. The van der Waals surface area contributed by atoms with E-state index in [4.69, 9.17) is 0 Å². The largest absolute Gasteiger partial charge is 0.333 e. The molecule has 35 heavy (non-hydrogen) atoms. The predicted molar refractivity (Wildman–Crippen MR) is 143 cm³/mol. The lowest BCUT2D eigenvalue weighted by Crippen LogP contribution is -2.46. The third-order valence-corrected chi connectivity index (χ3v) is 7.15. The van der Waals surface area contributed by atoms with E-state index in [1.807, 2.05) is 54.6 Å². The number of benzene rings is 4. The van der Waals surface area contributed by atoms with E-state index in [2.05, 4.69) is 83.9 Å². The lowest BCUT2D eigenvalue weighted by atomic mass is 9.76. The molecule has 0 aromatic heterocycles. The molecule has 1 atom stereocenters. The smallest absolute Gasteiger partial charge is 0.195 e. The molecule has 4 aromatic carbocycles. The van der Waals surface area contributed by atoms with Crippen molar-refractivity contribution in [2.75, 3.05) is 4.90 Å². The van der Waals surface area contributed by atoms with Crippen molar-refractivity contribution in [2.24, 2.45) is 5.92 Å². The molecule has 0 N–H and O–H groups in total. The Bertz CT molecular complexity index is 1390. The van der Waals surface area contributed by atoms with Gasteiger partial charge in [0.1, 0.15) is 0 Å². The maximum absolute atomic E-state index is 14.0. The van der Waals surface area contributed by atoms with Crippen LogP contribution >= 0.6 is 0 Å². The first-order valence-electron chi connectivity index (χ1n) is 12.3. The fourth-order valence-corrected chi connectivity index (χ4v) is 5.33. The maximum Gasteiger partial charge on any atom is 0.195 e. The third kappa shape index (κ3) is 3.81. The zero-order valence-corrected chi connectivity index (χ0v) is 19.5. The SMILES string of the molecule is O=C(C1=CN(c2ccccc2)C(c2ccccc2)(C2CC2)C=C1c1ccccc1)c1ccccc1. The minimum Gasteiger partial charge on any atom is -0.333 e. The molecule has 2 heteroatoms. The summed E-state index contributed by atoms with van der Waals surface area (Å²) in [6, 6.07) is 41.2. The summed E-state index contributed by atoms with van der Waals surface area (Å²) in [5.74, 6) is 0.507. The Morgan fingerprint density at radius 3 is 1.83 bits per heavy atom. The van der Waals surface area contributed by atoms with Crippen LogP contribution in [0.25, 0.3) is 5.57 Å². The zero-order chi connectivity index (χ0) is 23.7. The first-order chi connectivity index (χ1) is 17.3. The zero-order valence-electron chi connectivity index (χ0n) is 19.5. The highest BCUT2D eigenvalue weighted by atomic mass is 16.1. The Hall–Kier alpha value is -4.17. The van der Waals surface area contributed by atoms with E-state index in [1.165, 1.54) is 5.56 Å². The van der Waals surface area contributed by atoms with Crippen molar-refractivity contribution in [3.05, 3.63) is 156 Å². The van der Waals surface area contributed by atoms with Crippen molar-refractivity contribution in [3.8, 4) is 0 Å². The monoisotopic (exact) mass is 453 g/mol. The molecular formula is C33H27NO. The quantitative estimate of drug-likeness (QED) is 0.279. The number of hydrogen-bond donors (Lipinski definition) is 0. The van der Waals surface area contributed by atoms with Crippen LogP contribution in [0.5, 0.6) is 0 Å². The highest BCUT2D eigenvalue weighted by molar-refractivity contribution is 6.19. The second kappa shape index (κ2) is 8.88. The molecule has 2 nitrogen and oxygen atoms in total. The van der Waals surface area contributed by atoms with Crippen molar-refractivity contribution in [3.63, 3.8) is 0 Å². The average Bonchev–Trinajstić information content (AvgIpc) is 3.80. The van der Waals surface area contributed by atoms with Gasteiger partial charge in [-0.05, 0) is 53.7 Å². The van der Waals surface area contributed by atoms with E-state index < -0.39 is 0 Å². The van der Waals surface area contributed by atoms with Gasteiger partial charge in [0, 0.05) is 23.0 Å². The van der Waals surface area contributed by atoms with E-state index in [-0.39, 0.29) is 11.3 Å². The van der Waals surface area contributed by atoms with Gasteiger partial charge in [-0.1, -0.05) is 109 Å². The topological polar surface area (TPSA) is 20.3 Å². The van der Waals surface area contributed by atoms with E-state index >= 15 is 0 Å². The minimum absolute atomic E-state index is 0.0408. The van der Waals surface area contributed by atoms with E-state index in [0.29, 0.717) is 11.5 Å². The number of Topliss-reactive ketones (excluding diaryl/α,β-unsaturated/α-hetero) is 1. The van der Waals surface area contributed by atoms with Crippen molar-refractivity contribution in [2.45, 2.75) is 18.4 Å². The molecule has 1 saturated carbocycles. The molecule has 1 fully saturated rings. The molecule has 0 saturated heterocycles. The molecule has 1 aliphatic carbocycles. The number of carbonyl (C=O) groups excluding carboxylic acids is 1. The van der Waals surface area contributed by atoms with Crippen LogP contribution < -0.4 is 4.90 Å². The molecule has 170 valence electrons. The van der Waals surface area contributed by atoms with Crippen LogP contribution in [-0.2, 0) is 5.54 Å². The number of para-hydroxylation sites is 1. The molecule has 2 aliphatic rings. The Labute approximate surface area is 206 Å². The average molecular weight is 454 g/mol. The van der Waals surface area contributed by atoms with Gasteiger partial charge >= 0.3 is 0 Å². The molecule has 0 bridgehead atoms. The van der Waals surface area contributed by atoms with Crippen molar-refractivity contribution in [1.82, 2.24) is 0 Å². The lowest BCUT2D eigenvalue weighted by Gasteiger charge is -2.46. The van der Waals surface area contributed by atoms with E-state index in [9.17, 15) is 4.79 Å². The molecule has 1 heterocycles. The number of nitrogens with zero attached hydrogens (tertiary/aromatic N) is 1. The van der Waals surface area contributed by atoms with E-state index in [1.54, 1.807) is 0 Å². The van der Waals surface area contributed by atoms with Crippen LogP contribution in [-0.4, -0.2) is 5.78 Å². The summed E-state index contributed by atoms with van der Waals surface area (Å²) in [7, 11) is 0. The third-order valence-electron chi connectivity index (χ3n) is 7.15. The second-order valence-corrected chi connectivity index (χ2v) is 9.33. The first kappa shape index (κ1) is 21.4. The number of allylic oxidation sites excluding steroid dienone is 2. The minimum atomic E-state index is -0.367. The highest BCUT2D eigenvalue weighted by Gasteiger charge is 2.51. The summed E-state index contributed by atoms with van der Waals surface area (Å²) in [6.45, 7) is 0. The standard InChI is InChI=1S/C33H27NO/c35-32(26-15-7-2-8-16-26)31-24-34(29-19-11-4-12-20-29)33(28-21-22-28,27-17-9-3-10-18-27)23-30(31)25-13-5-1-6-14-25/h1-20,23-24,28H,21-22H2. The number of anilines is 1. The molecule has 0 radical (unpaired) electrons. The van der Waals surface area contributed by atoms with Crippen molar-refractivity contribution in [1.29, 1.82) is 0 Å². The Balaban J connectivity index is 1.63. The summed E-state index contributed by atoms with van der Waals surface area (Å²) in [5, 5.41) is 0. The van der Waals surface area contributed by atoms with Crippen LogP contribution in [0, 0.1) is 5.92 Å². The van der Waals surface area contributed by atoms with Crippen molar-refractivity contribution < 1.29 is 4.79 Å². The fraction of sp³-hybridized carbons (Fsp3) is 0.121. The fourth-order valence-electron chi connectivity index (χ4n) is 5.33. The first-order valence-corrected chi connectivity index (χ1v) is 12.3. The summed E-state index contributed by atoms with van der Waals surface area (Å²) in [5.41, 5.74) is 5.46. The van der Waals surface area contributed by atoms with Gasteiger partial charge in [-0.25, -0.2) is 0 Å². The van der Waals surface area contributed by atoms with Gasteiger partial charge in [0.2, 0.25) is 0 Å². The number of ketones is 1. The summed E-state index contributed by atoms with van der Waals surface area (Å²) in [6.07, 6.45) is 6.80. The normalized spacial score (nSPS) is 19.6. The molecule has 4 aromatic rings. The van der Waals surface area contributed by atoms with Gasteiger partial charge in [-0.2, -0.15) is 0 Å². The molecule has 1 unspecified atom stereocenters. The predicted octanol–water partition coefficient (Wildman–Crippen LogP) is 7.66. The molecule has 0 spiro atoms. The van der Waals surface area contributed by atoms with Gasteiger partial charge in [-0.3, -0.25) is 4.79 Å². The van der Waals surface area contributed by atoms with Gasteiger partial charge < -0.3 is 4.90 Å². The second-order valence-electron chi connectivity index (χ2n) is 9.33. The van der Waals surface area contributed by atoms with Gasteiger partial charge in [0.25, 0.3) is 0 Å². The van der Waals surface area contributed by atoms with Crippen LogP contribution in [0.2, 0.25) is 0 Å². The lowest BCUT2D eigenvalue weighted by molar-refractivity contribution is 0.103. The molecule has 6 rings (SSSR count). The molecule has 1 aliphatic heterocycles. The van der Waals surface area contributed by atoms with Crippen LogP contribution in [0.4, 0.5) is 5.69 Å². The summed E-state index contributed by atoms with van der Waals surface area (Å²) in [4.78, 5) is 16.3.